The number of likely N-dealkylation sites (tertiary alicyclic amines) is 1. The molecule has 1 atom stereocenters. The summed E-state index contributed by atoms with van der Waals surface area (Å²) < 4.78 is 13.9. The van der Waals surface area contributed by atoms with Crippen molar-refractivity contribution < 1.29 is 9.18 Å². The lowest BCUT2D eigenvalue weighted by molar-refractivity contribution is -0.133. The normalized spacial score (nSPS) is 17.8. The van der Waals surface area contributed by atoms with Crippen molar-refractivity contribution in [3.8, 4) is 0 Å². The molecule has 26 heavy (non-hydrogen) atoms. The molecule has 1 aromatic carbocycles. The van der Waals surface area contributed by atoms with Gasteiger partial charge in [0.1, 0.15) is 5.82 Å². The van der Waals surface area contributed by atoms with Crippen LogP contribution in [0.1, 0.15) is 30.4 Å². The van der Waals surface area contributed by atoms with Crippen LogP contribution in [0.3, 0.4) is 0 Å². The smallest absolute Gasteiger partial charge is 0.222 e. The molecule has 0 N–H and O–H groups in total. The number of amides is 1. The highest BCUT2D eigenvalue weighted by Crippen LogP contribution is 2.19. The topological polar surface area (TPSA) is 36.4 Å². The Morgan fingerprint density at radius 2 is 2.15 bits per heavy atom. The first-order chi connectivity index (χ1) is 12.6. The van der Waals surface area contributed by atoms with Crippen LogP contribution in [0.4, 0.5) is 4.39 Å². The second-order valence-electron chi connectivity index (χ2n) is 6.99. The van der Waals surface area contributed by atoms with E-state index in [-0.39, 0.29) is 17.8 Å². The maximum atomic E-state index is 13.9. The monoisotopic (exact) mass is 355 g/mol. The quantitative estimate of drug-likeness (QED) is 0.798. The second-order valence-corrected chi connectivity index (χ2v) is 6.99. The molecule has 138 valence electrons. The van der Waals surface area contributed by atoms with Crippen molar-refractivity contribution in [1.82, 2.24) is 14.8 Å². The highest BCUT2D eigenvalue weighted by molar-refractivity contribution is 5.76. The van der Waals surface area contributed by atoms with Gasteiger partial charge in [-0.1, -0.05) is 24.3 Å². The number of rotatable bonds is 6. The number of carbonyl (C=O) groups excluding carboxylic acids is 1. The summed E-state index contributed by atoms with van der Waals surface area (Å²) in [5.41, 5.74) is 1.80. The molecule has 1 aromatic heterocycles. The number of aryl methyl sites for hydroxylation is 1. The molecule has 4 nitrogen and oxygen atoms in total. The molecule has 1 saturated heterocycles. The Hall–Kier alpha value is -2.27. The van der Waals surface area contributed by atoms with Gasteiger partial charge < -0.3 is 4.90 Å². The SMILES string of the molecule is CN(C(=O)CCc1cccnc1)[C@H]1CCCN(Cc2ccccc2F)C1. The summed E-state index contributed by atoms with van der Waals surface area (Å²) in [6, 6.07) is 11.0. The number of hydrogen-bond acceptors (Lipinski definition) is 3. The van der Waals surface area contributed by atoms with E-state index in [9.17, 15) is 9.18 Å². The number of pyridine rings is 1. The average Bonchev–Trinajstić information content (AvgIpc) is 2.68. The number of benzene rings is 1. The van der Waals surface area contributed by atoms with E-state index in [1.165, 1.54) is 6.07 Å². The lowest BCUT2D eigenvalue weighted by atomic mass is 10.0. The zero-order valence-electron chi connectivity index (χ0n) is 15.3. The number of carbonyl (C=O) groups is 1. The summed E-state index contributed by atoms with van der Waals surface area (Å²) in [6.45, 7) is 2.34. The lowest BCUT2D eigenvalue weighted by Crippen LogP contribution is -2.48. The van der Waals surface area contributed by atoms with E-state index >= 15 is 0 Å². The molecule has 3 rings (SSSR count). The van der Waals surface area contributed by atoms with Crippen molar-refractivity contribution in [3.63, 3.8) is 0 Å². The fourth-order valence-corrected chi connectivity index (χ4v) is 3.54. The molecule has 0 aliphatic carbocycles. The minimum Gasteiger partial charge on any atom is -0.341 e. The number of likely N-dealkylation sites (N-methyl/N-ethyl adjacent to an activating group) is 1. The van der Waals surface area contributed by atoms with Crippen LogP contribution in [-0.2, 0) is 17.8 Å². The van der Waals surface area contributed by atoms with E-state index in [0.29, 0.717) is 19.4 Å². The van der Waals surface area contributed by atoms with Crippen molar-refractivity contribution in [1.29, 1.82) is 0 Å². The lowest BCUT2D eigenvalue weighted by Gasteiger charge is -2.37. The summed E-state index contributed by atoms with van der Waals surface area (Å²) in [5.74, 6) is 0.00196. The molecule has 1 fully saturated rings. The summed E-state index contributed by atoms with van der Waals surface area (Å²) in [7, 11) is 1.89. The van der Waals surface area contributed by atoms with Gasteiger partial charge in [-0.15, -0.1) is 0 Å². The van der Waals surface area contributed by atoms with E-state index in [0.717, 1.165) is 37.1 Å². The predicted octanol–water partition coefficient (Wildman–Crippen LogP) is 3.28. The van der Waals surface area contributed by atoms with Crippen LogP contribution < -0.4 is 0 Å². The van der Waals surface area contributed by atoms with E-state index in [1.807, 2.05) is 42.4 Å². The summed E-state index contributed by atoms with van der Waals surface area (Å²) >= 11 is 0. The van der Waals surface area contributed by atoms with Gasteiger partial charge in [0, 0.05) is 50.6 Å². The molecule has 1 aliphatic rings. The third-order valence-electron chi connectivity index (χ3n) is 5.12. The van der Waals surface area contributed by atoms with Gasteiger partial charge in [0.25, 0.3) is 0 Å². The Morgan fingerprint density at radius 3 is 2.92 bits per heavy atom. The van der Waals surface area contributed by atoms with Crippen LogP contribution in [0, 0.1) is 5.82 Å². The standard InChI is InChI=1S/C21H26FN3O/c1-24(21(26)11-10-17-6-4-12-23-14-17)19-8-5-13-25(16-19)15-18-7-2-3-9-20(18)22/h2-4,6-7,9,12,14,19H,5,8,10-11,13,15-16H2,1H3/t19-/m0/s1. The zero-order chi connectivity index (χ0) is 18.4. The molecule has 0 bridgehead atoms. The summed E-state index contributed by atoms with van der Waals surface area (Å²) in [5, 5.41) is 0. The van der Waals surface area contributed by atoms with Crippen molar-refractivity contribution in [3.05, 3.63) is 65.7 Å². The number of aromatic nitrogens is 1. The second kappa shape index (κ2) is 8.90. The van der Waals surface area contributed by atoms with Crippen molar-refractivity contribution in [2.75, 3.05) is 20.1 Å². The van der Waals surface area contributed by atoms with Gasteiger partial charge in [-0.2, -0.15) is 0 Å². The molecule has 0 unspecified atom stereocenters. The van der Waals surface area contributed by atoms with Crippen molar-refractivity contribution in [2.24, 2.45) is 0 Å². The first-order valence-electron chi connectivity index (χ1n) is 9.24. The molecule has 0 spiro atoms. The number of nitrogens with zero attached hydrogens (tertiary/aromatic N) is 3. The largest absolute Gasteiger partial charge is 0.341 e. The zero-order valence-corrected chi connectivity index (χ0v) is 15.3. The minimum atomic E-state index is -0.157. The summed E-state index contributed by atoms with van der Waals surface area (Å²) in [4.78, 5) is 20.8. The first kappa shape index (κ1) is 18.5. The van der Waals surface area contributed by atoms with E-state index in [2.05, 4.69) is 9.88 Å². The molecular formula is C21H26FN3O. The Labute approximate surface area is 154 Å². The first-order valence-corrected chi connectivity index (χ1v) is 9.24. The van der Waals surface area contributed by atoms with E-state index < -0.39 is 0 Å². The fourth-order valence-electron chi connectivity index (χ4n) is 3.54. The highest BCUT2D eigenvalue weighted by Gasteiger charge is 2.26. The molecule has 0 saturated carbocycles. The van der Waals surface area contributed by atoms with Gasteiger partial charge in [-0.3, -0.25) is 14.7 Å². The molecule has 2 heterocycles. The van der Waals surface area contributed by atoms with Crippen LogP contribution in [0.5, 0.6) is 0 Å². The average molecular weight is 355 g/mol. The van der Waals surface area contributed by atoms with Gasteiger partial charge in [-0.25, -0.2) is 4.39 Å². The molecule has 1 amide bonds. The van der Waals surface area contributed by atoms with Crippen LogP contribution in [0.2, 0.25) is 0 Å². The molecule has 0 radical (unpaired) electrons. The van der Waals surface area contributed by atoms with Gasteiger partial charge in [0.05, 0.1) is 0 Å². The predicted molar refractivity (Wildman–Crippen MR) is 100 cm³/mol. The Morgan fingerprint density at radius 1 is 1.31 bits per heavy atom. The van der Waals surface area contributed by atoms with Gasteiger partial charge in [0.15, 0.2) is 0 Å². The maximum absolute atomic E-state index is 13.9. The fraction of sp³-hybridized carbons (Fsp3) is 0.429. The number of halogens is 1. The van der Waals surface area contributed by atoms with Gasteiger partial charge >= 0.3 is 0 Å². The van der Waals surface area contributed by atoms with Crippen LogP contribution >= 0.6 is 0 Å². The number of hydrogen-bond donors (Lipinski definition) is 0. The molecule has 5 heteroatoms. The number of piperidine rings is 1. The Bertz CT molecular complexity index is 722. The maximum Gasteiger partial charge on any atom is 0.222 e. The van der Waals surface area contributed by atoms with E-state index in [4.69, 9.17) is 0 Å². The van der Waals surface area contributed by atoms with Crippen LogP contribution in [-0.4, -0.2) is 46.9 Å². The van der Waals surface area contributed by atoms with Gasteiger partial charge in [-0.05, 0) is 43.5 Å². The Kier molecular flexibility index (Phi) is 6.34. The molecule has 1 aliphatic heterocycles. The van der Waals surface area contributed by atoms with Crippen molar-refractivity contribution >= 4 is 5.91 Å². The molecule has 2 aromatic rings. The molecular weight excluding hydrogens is 329 g/mol. The van der Waals surface area contributed by atoms with Crippen LogP contribution in [0.25, 0.3) is 0 Å². The minimum absolute atomic E-state index is 0.157. The third kappa shape index (κ3) is 4.88. The highest BCUT2D eigenvalue weighted by atomic mass is 19.1. The van der Waals surface area contributed by atoms with Crippen LogP contribution in [0.15, 0.2) is 48.8 Å². The summed E-state index contributed by atoms with van der Waals surface area (Å²) in [6.07, 6.45) is 6.78. The van der Waals surface area contributed by atoms with Gasteiger partial charge in [0.2, 0.25) is 5.91 Å². The third-order valence-corrected chi connectivity index (χ3v) is 5.12. The Balaban J connectivity index is 1.53. The van der Waals surface area contributed by atoms with E-state index in [1.54, 1.807) is 12.3 Å². The van der Waals surface area contributed by atoms with Crippen molar-refractivity contribution in [2.45, 2.75) is 38.3 Å².